The Hall–Kier alpha value is -4.22. The zero-order chi connectivity index (χ0) is 26.5. The Balaban J connectivity index is 1.58. The Morgan fingerprint density at radius 3 is 2.35 bits per heavy atom. The molecule has 0 aliphatic carbocycles. The van der Waals surface area contributed by atoms with Gasteiger partial charge in [0.2, 0.25) is 5.91 Å². The number of carbonyl (C=O) groups is 2. The zero-order valence-corrected chi connectivity index (χ0v) is 22.0. The van der Waals surface area contributed by atoms with Gasteiger partial charge in [-0.1, -0.05) is 47.7 Å². The standard InChI is InChI=1S/C29H28N4O3S/c1-17-13-18(2)27(19(3)14-17)33-24(34)16-37-29-22(15-30)26(23-11-8-12-36-23)25(20(4)31-29)28(35)32-21-9-6-5-7-10-21/h5-14,26,31H,16H2,1-4H3,(H,32,35)(H,33,34). The van der Waals surface area contributed by atoms with Crippen LogP contribution in [0.15, 0.2) is 87.1 Å². The third kappa shape index (κ3) is 5.79. The van der Waals surface area contributed by atoms with E-state index < -0.39 is 5.92 Å². The lowest BCUT2D eigenvalue weighted by Crippen LogP contribution is -2.31. The summed E-state index contributed by atoms with van der Waals surface area (Å²) in [5, 5.41) is 19.8. The first kappa shape index (κ1) is 25.9. The van der Waals surface area contributed by atoms with Crippen molar-refractivity contribution in [2.45, 2.75) is 33.6 Å². The van der Waals surface area contributed by atoms with Crippen molar-refractivity contribution in [2.24, 2.45) is 0 Å². The summed E-state index contributed by atoms with van der Waals surface area (Å²) in [4.78, 5) is 26.2. The van der Waals surface area contributed by atoms with E-state index in [0.717, 1.165) is 22.4 Å². The van der Waals surface area contributed by atoms with Crippen LogP contribution in [0, 0.1) is 32.1 Å². The molecule has 1 aliphatic heterocycles. The predicted molar refractivity (Wildman–Crippen MR) is 147 cm³/mol. The summed E-state index contributed by atoms with van der Waals surface area (Å²) >= 11 is 1.22. The Morgan fingerprint density at radius 2 is 1.73 bits per heavy atom. The Kier molecular flexibility index (Phi) is 7.85. The predicted octanol–water partition coefficient (Wildman–Crippen LogP) is 5.91. The molecule has 1 aromatic heterocycles. The molecule has 7 nitrogen and oxygen atoms in total. The molecule has 2 heterocycles. The number of nitrogens with one attached hydrogen (secondary N) is 3. The first-order chi connectivity index (χ1) is 17.8. The first-order valence-corrected chi connectivity index (χ1v) is 12.8. The number of anilines is 2. The molecular formula is C29H28N4O3S. The van der Waals surface area contributed by atoms with Gasteiger partial charge in [-0.25, -0.2) is 0 Å². The number of carbonyl (C=O) groups excluding carboxylic acids is 2. The second-order valence-electron chi connectivity index (χ2n) is 8.90. The Bertz CT molecular complexity index is 1410. The molecule has 1 aliphatic rings. The van der Waals surface area contributed by atoms with Crippen molar-refractivity contribution in [2.75, 3.05) is 16.4 Å². The van der Waals surface area contributed by atoms with Crippen LogP contribution in [0.25, 0.3) is 0 Å². The third-order valence-corrected chi connectivity index (χ3v) is 7.06. The van der Waals surface area contributed by atoms with Gasteiger partial charge in [0.05, 0.1) is 40.2 Å². The van der Waals surface area contributed by atoms with E-state index in [0.29, 0.717) is 33.3 Å². The largest absolute Gasteiger partial charge is 0.468 e. The molecule has 1 atom stereocenters. The Morgan fingerprint density at radius 1 is 1.03 bits per heavy atom. The van der Waals surface area contributed by atoms with E-state index in [-0.39, 0.29) is 17.6 Å². The number of nitrogens with zero attached hydrogens (tertiary/aromatic N) is 1. The molecule has 8 heteroatoms. The van der Waals surface area contributed by atoms with E-state index in [1.807, 2.05) is 51.1 Å². The fourth-order valence-corrected chi connectivity index (χ4v) is 5.37. The van der Waals surface area contributed by atoms with Crippen LogP contribution in [0.2, 0.25) is 0 Å². The van der Waals surface area contributed by atoms with Crippen LogP contribution < -0.4 is 16.0 Å². The van der Waals surface area contributed by atoms with Gasteiger partial charge in [-0.15, -0.1) is 0 Å². The average molecular weight is 513 g/mol. The highest BCUT2D eigenvalue weighted by Crippen LogP contribution is 2.41. The lowest BCUT2D eigenvalue weighted by Gasteiger charge is -2.28. The van der Waals surface area contributed by atoms with E-state index in [9.17, 15) is 14.9 Å². The van der Waals surface area contributed by atoms with Gasteiger partial charge in [-0.3, -0.25) is 9.59 Å². The molecule has 0 bridgehead atoms. The van der Waals surface area contributed by atoms with E-state index in [1.54, 1.807) is 31.2 Å². The number of benzene rings is 2. The van der Waals surface area contributed by atoms with Gasteiger partial charge in [-0.2, -0.15) is 5.26 Å². The number of hydrogen-bond donors (Lipinski definition) is 3. The van der Waals surface area contributed by atoms with E-state index >= 15 is 0 Å². The molecule has 188 valence electrons. The zero-order valence-electron chi connectivity index (χ0n) is 21.1. The van der Waals surface area contributed by atoms with Crippen molar-refractivity contribution in [3.05, 3.63) is 105 Å². The maximum Gasteiger partial charge on any atom is 0.254 e. The van der Waals surface area contributed by atoms with Crippen LogP contribution in [0.3, 0.4) is 0 Å². The smallest absolute Gasteiger partial charge is 0.254 e. The van der Waals surface area contributed by atoms with Crippen LogP contribution in [-0.4, -0.2) is 17.6 Å². The normalized spacial score (nSPS) is 15.2. The molecule has 3 N–H and O–H groups in total. The number of furan rings is 1. The second-order valence-corrected chi connectivity index (χ2v) is 9.88. The molecule has 0 saturated carbocycles. The lowest BCUT2D eigenvalue weighted by molar-refractivity contribution is -0.114. The van der Waals surface area contributed by atoms with Crippen LogP contribution in [-0.2, 0) is 9.59 Å². The van der Waals surface area contributed by atoms with Gasteiger partial charge in [0.1, 0.15) is 5.76 Å². The van der Waals surface area contributed by atoms with Gasteiger partial charge in [0.25, 0.3) is 5.91 Å². The molecule has 4 rings (SSSR count). The van der Waals surface area contributed by atoms with E-state index in [2.05, 4.69) is 22.0 Å². The quantitative estimate of drug-likeness (QED) is 0.363. The van der Waals surface area contributed by atoms with Crippen molar-refractivity contribution in [3.63, 3.8) is 0 Å². The lowest BCUT2D eigenvalue weighted by atomic mass is 9.85. The number of dihydropyridines is 1. The van der Waals surface area contributed by atoms with Crippen LogP contribution in [0.1, 0.15) is 35.3 Å². The highest BCUT2D eigenvalue weighted by molar-refractivity contribution is 8.03. The van der Waals surface area contributed by atoms with E-state index in [4.69, 9.17) is 4.42 Å². The van der Waals surface area contributed by atoms with E-state index in [1.165, 1.54) is 18.0 Å². The van der Waals surface area contributed by atoms with Crippen LogP contribution >= 0.6 is 11.8 Å². The second kappa shape index (κ2) is 11.2. The molecule has 2 amide bonds. The minimum Gasteiger partial charge on any atom is -0.468 e. The fraction of sp³-hybridized carbons (Fsp3) is 0.207. The van der Waals surface area contributed by atoms with Crippen molar-refractivity contribution in [1.82, 2.24) is 5.32 Å². The Labute approximate surface area is 220 Å². The maximum atomic E-state index is 13.4. The topological polar surface area (TPSA) is 107 Å². The van der Waals surface area contributed by atoms with Gasteiger partial charge in [-0.05, 0) is 63.1 Å². The highest BCUT2D eigenvalue weighted by atomic mass is 32.2. The van der Waals surface area contributed by atoms with Crippen LogP contribution in [0.5, 0.6) is 0 Å². The molecule has 0 radical (unpaired) electrons. The summed E-state index contributed by atoms with van der Waals surface area (Å²) in [5.74, 6) is -0.668. The summed E-state index contributed by atoms with van der Waals surface area (Å²) in [6.07, 6.45) is 1.51. The molecule has 0 spiro atoms. The van der Waals surface area contributed by atoms with Crippen molar-refractivity contribution >= 4 is 35.0 Å². The summed E-state index contributed by atoms with van der Waals surface area (Å²) in [5.41, 5.74) is 5.86. The average Bonchev–Trinajstić information content (AvgIpc) is 3.39. The summed E-state index contributed by atoms with van der Waals surface area (Å²) in [7, 11) is 0. The minimum absolute atomic E-state index is 0.0873. The number of nitriles is 1. The number of rotatable bonds is 7. The molecule has 1 unspecified atom stereocenters. The fourth-order valence-electron chi connectivity index (χ4n) is 4.48. The molecule has 0 saturated heterocycles. The van der Waals surface area contributed by atoms with Gasteiger partial charge in [0, 0.05) is 17.1 Å². The van der Waals surface area contributed by atoms with Crippen molar-refractivity contribution in [1.29, 1.82) is 5.26 Å². The summed E-state index contributed by atoms with van der Waals surface area (Å²) < 4.78 is 5.66. The van der Waals surface area contributed by atoms with Gasteiger partial charge < -0.3 is 20.4 Å². The minimum atomic E-state index is -0.711. The number of amides is 2. The monoisotopic (exact) mass is 512 g/mol. The molecular weight excluding hydrogens is 484 g/mol. The number of hydrogen-bond acceptors (Lipinski definition) is 6. The SMILES string of the molecule is CC1=C(C(=O)Nc2ccccc2)C(c2ccco2)C(C#N)=C(SCC(=O)Nc2c(C)cc(C)cc2C)N1. The molecule has 2 aromatic carbocycles. The maximum absolute atomic E-state index is 13.4. The highest BCUT2D eigenvalue weighted by Gasteiger charge is 2.36. The van der Waals surface area contributed by atoms with Gasteiger partial charge >= 0.3 is 0 Å². The summed E-state index contributed by atoms with van der Waals surface area (Å²) in [6, 6.07) is 18.9. The number of aryl methyl sites for hydroxylation is 3. The van der Waals surface area contributed by atoms with Crippen LogP contribution in [0.4, 0.5) is 11.4 Å². The number of thioether (sulfide) groups is 1. The van der Waals surface area contributed by atoms with Gasteiger partial charge in [0.15, 0.2) is 0 Å². The third-order valence-electron chi connectivity index (χ3n) is 6.04. The summed E-state index contributed by atoms with van der Waals surface area (Å²) in [6.45, 7) is 7.73. The number of para-hydroxylation sites is 1. The molecule has 3 aromatic rings. The van der Waals surface area contributed by atoms with Crippen molar-refractivity contribution < 1.29 is 14.0 Å². The first-order valence-electron chi connectivity index (χ1n) is 11.8. The number of allylic oxidation sites excluding steroid dienone is 2. The van der Waals surface area contributed by atoms with Crippen molar-refractivity contribution in [3.8, 4) is 6.07 Å². The molecule has 37 heavy (non-hydrogen) atoms. The molecule has 0 fully saturated rings.